The van der Waals surface area contributed by atoms with Crippen LogP contribution in [0, 0.1) is 5.82 Å². The predicted molar refractivity (Wildman–Crippen MR) is 126 cm³/mol. The van der Waals surface area contributed by atoms with E-state index in [0.29, 0.717) is 16.5 Å². The SMILES string of the molecule is CC(C)(C)OC(=O)N1CCCCC1.CO.COc1ccnc(COc2ccc(Cl)cc2F)c1. The molecule has 0 radical (unpaired) electrons. The van der Waals surface area contributed by atoms with Crippen molar-refractivity contribution in [3.63, 3.8) is 0 Å². The van der Waals surface area contributed by atoms with Gasteiger partial charge in [-0.05, 0) is 64.3 Å². The third kappa shape index (κ3) is 11.2. The van der Waals surface area contributed by atoms with E-state index < -0.39 is 5.82 Å². The Morgan fingerprint density at radius 2 is 1.82 bits per heavy atom. The molecule has 0 atom stereocenters. The highest BCUT2D eigenvalue weighted by Crippen LogP contribution is 2.22. The van der Waals surface area contributed by atoms with Crippen molar-refractivity contribution >= 4 is 17.7 Å². The average molecular weight is 485 g/mol. The number of benzene rings is 1. The first kappa shape index (κ1) is 28.5. The maximum atomic E-state index is 13.4. The molecule has 184 valence electrons. The first-order chi connectivity index (χ1) is 15.7. The largest absolute Gasteiger partial charge is 0.497 e. The van der Waals surface area contributed by atoms with Crippen LogP contribution in [-0.2, 0) is 11.3 Å². The fourth-order valence-electron chi connectivity index (χ4n) is 2.81. The molecule has 1 amide bonds. The molecule has 1 fully saturated rings. The van der Waals surface area contributed by atoms with Gasteiger partial charge >= 0.3 is 6.09 Å². The van der Waals surface area contributed by atoms with E-state index >= 15 is 0 Å². The number of amides is 1. The highest BCUT2D eigenvalue weighted by atomic mass is 35.5. The number of aliphatic hydroxyl groups excluding tert-OH is 1. The van der Waals surface area contributed by atoms with Gasteiger partial charge in [0.1, 0.15) is 18.0 Å². The average Bonchev–Trinajstić information content (AvgIpc) is 2.80. The van der Waals surface area contributed by atoms with Gasteiger partial charge in [-0.15, -0.1) is 0 Å². The molecule has 2 heterocycles. The lowest BCUT2D eigenvalue weighted by Gasteiger charge is -2.29. The Hall–Kier alpha value is -2.58. The third-order valence-corrected chi connectivity index (χ3v) is 4.54. The summed E-state index contributed by atoms with van der Waals surface area (Å²) in [5.74, 6) is 0.328. The molecule has 7 nitrogen and oxygen atoms in total. The van der Waals surface area contributed by atoms with Crippen LogP contribution < -0.4 is 9.47 Å². The summed E-state index contributed by atoms with van der Waals surface area (Å²) in [5, 5.41) is 7.33. The van der Waals surface area contributed by atoms with E-state index in [2.05, 4.69) is 4.98 Å². The first-order valence-electron chi connectivity index (χ1n) is 10.7. The lowest BCUT2D eigenvalue weighted by Crippen LogP contribution is -2.39. The van der Waals surface area contributed by atoms with Crippen LogP contribution in [0.15, 0.2) is 36.5 Å². The van der Waals surface area contributed by atoms with Gasteiger partial charge in [-0.3, -0.25) is 4.98 Å². The van der Waals surface area contributed by atoms with E-state index in [4.69, 9.17) is 30.9 Å². The topological polar surface area (TPSA) is 81.1 Å². The van der Waals surface area contributed by atoms with Gasteiger partial charge in [0, 0.05) is 37.5 Å². The number of aromatic nitrogens is 1. The van der Waals surface area contributed by atoms with Gasteiger partial charge in [-0.1, -0.05) is 11.6 Å². The van der Waals surface area contributed by atoms with E-state index in [0.717, 1.165) is 33.0 Å². The van der Waals surface area contributed by atoms with E-state index in [1.807, 2.05) is 20.8 Å². The number of pyridine rings is 1. The quantitative estimate of drug-likeness (QED) is 0.619. The fraction of sp³-hybridized carbons (Fsp3) is 0.500. The van der Waals surface area contributed by atoms with Crippen LogP contribution in [0.4, 0.5) is 9.18 Å². The molecule has 0 unspecified atom stereocenters. The van der Waals surface area contributed by atoms with Crippen molar-refractivity contribution in [2.24, 2.45) is 0 Å². The molecule has 0 bridgehead atoms. The molecule has 33 heavy (non-hydrogen) atoms. The zero-order valence-electron chi connectivity index (χ0n) is 19.9. The molecule has 2 aromatic rings. The second-order valence-corrected chi connectivity index (χ2v) is 8.51. The number of halogens is 2. The summed E-state index contributed by atoms with van der Waals surface area (Å²) in [5.41, 5.74) is 0.290. The van der Waals surface area contributed by atoms with Gasteiger partial charge in [0.2, 0.25) is 0 Å². The van der Waals surface area contributed by atoms with Crippen molar-refractivity contribution in [1.82, 2.24) is 9.88 Å². The van der Waals surface area contributed by atoms with Gasteiger partial charge in [0.25, 0.3) is 0 Å². The first-order valence-corrected chi connectivity index (χ1v) is 11.0. The number of likely N-dealkylation sites (tertiary alicyclic amines) is 1. The lowest BCUT2D eigenvalue weighted by atomic mass is 10.1. The number of ether oxygens (including phenoxy) is 3. The summed E-state index contributed by atoms with van der Waals surface area (Å²) >= 11 is 5.65. The third-order valence-electron chi connectivity index (χ3n) is 4.30. The molecule has 0 saturated carbocycles. The number of aliphatic hydroxyl groups is 1. The Morgan fingerprint density at radius 3 is 2.39 bits per heavy atom. The summed E-state index contributed by atoms with van der Waals surface area (Å²) < 4.78 is 29.1. The van der Waals surface area contributed by atoms with Gasteiger partial charge in [-0.25, -0.2) is 9.18 Å². The summed E-state index contributed by atoms with van der Waals surface area (Å²) in [6.07, 6.45) is 4.90. The van der Waals surface area contributed by atoms with E-state index in [-0.39, 0.29) is 24.1 Å². The number of nitrogens with zero attached hydrogens (tertiary/aromatic N) is 2. The maximum Gasteiger partial charge on any atom is 0.410 e. The number of piperidine rings is 1. The number of rotatable bonds is 4. The Bertz CT molecular complexity index is 855. The molecule has 1 aliphatic rings. The minimum absolute atomic E-state index is 0.143. The monoisotopic (exact) mass is 484 g/mol. The number of carbonyl (C=O) groups excluding carboxylic acids is 1. The highest BCUT2D eigenvalue weighted by molar-refractivity contribution is 6.30. The lowest BCUT2D eigenvalue weighted by molar-refractivity contribution is 0.0216. The standard InChI is InChI=1S/C13H11ClFNO2.C10H19NO2.CH4O/c1-17-11-4-5-16-10(7-11)8-18-13-3-2-9(14)6-12(13)15;1-10(2,3)13-9(12)11-7-5-4-6-8-11;1-2/h2-7H,8H2,1H3;4-8H2,1-3H3;2H,1H3. The van der Waals surface area contributed by atoms with Crippen LogP contribution in [0.25, 0.3) is 0 Å². The number of hydrogen-bond donors (Lipinski definition) is 1. The molecular weight excluding hydrogens is 451 g/mol. The summed E-state index contributed by atoms with van der Waals surface area (Å²) in [4.78, 5) is 17.4. The van der Waals surface area contributed by atoms with Gasteiger partial charge < -0.3 is 24.2 Å². The second-order valence-electron chi connectivity index (χ2n) is 8.08. The Balaban J connectivity index is 0.000000322. The molecule has 1 aromatic heterocycles. The molecule has 0 aliphatic carbocycles. The van der Waals surface area contributed by atoms with Crippen LogP contribution in [0.2, 0.25) is 5.02 Å². The van der Waals surface area contributed by atoms with Crippen LogP contribution in [0.3, 0.4) is 0 Å². The van der Waals surface area contributed by atoms with Crippen molar-refractivity contribution < 1.29 is 28.5 Å². The minimum atomic E-state index is -0.495. The Labute approximate surface area is 200 Å². The van der Waals surface area contributed by atoms with Gasteiger partial charge in [0.15, 0.2) is 11.6 Å². The summed E-state index contributed by atoms with van der Waals surface area (Å²) in [7, 11) is 2.57. The number of methoxy groups -OCH3 is 1. The molecule has 1 N–H and O–H groups in total. The van der Waals surface area contributed by atoms with Crippen molar-refractivity contribution in [1.29, 1.82) is 0 Å². The molecule has 0 spiro atoms. The number of hydrogen-bond acceptors (Lipinski definition) is 6. The van der Waals surface area contributed by atoms with E-state index in [9.17, 15) is 9.18 Å². The van der Waals surface area contributed by atoms with E-state index in [1.54, 1.807) is 36.4 Å². The van der Waals surface area contributed by atoms with Gasteiger partial charge in [-0.2, -0.15) is 0 Å². The van der Waals surface area contributed by atoms with Crippen molar-refractivity contribution in [2.45, 2.75) is 52.2 Å². The predicted octanol–water partition coefficient (Wildman–Crippen LogP) is 5.48. The summed E-state index contributed by atoms with van der Waals surface area (Å²) in [6.45, 7) is 7.57. The van der Waals surface area contributed by atoms with Crippen LogP contribution >= 0.6 is 11.6 Å². The number of carbonyl (C=O) groups is 1. The molecule has 1 aromatic carbocycles. The molecular formula is C24H34ClFN2O5. The fourth-order valence-corrected chi connectivity index (χ4v) is 2.97. The van der Waals surface area contributed by atoms with Crippen LogP contribution in [0.5, 0.6) is 11.5 Å². The molecule has 3 rings (SSSR count). The van der Waals surface area contributed by atoms with E-state index in [1.165, 1.54) is 18.6 Å². The molecule has 9 heteroatoms. The molecule has 1 aliphatic heterocycles. The van der Waals surface area contributed by atoms with Crippen LogP contribution in [0.1, 0.15) is 45.7 Å². The highest BCUT2D eigenvalue weighted by Gasteiger charge is 2.22. The molecule has 1 saturated heterocycles. The Morgan fingerprint density at radius 1 is 1.15 bits per heavy atom. The minimum Gasteiger partial charge on any atom is -0.497 e. The maximum absolute atomic E-state index is 13.4. The summed E-state index contributed by atoms with van der Waals surface area (Å²) in [6, 6.07) is 7.72. The zero-order chi connectivity index (χ0) is 24.9. The van der Waals surface area contributed by atoms with Gasteiger partial charge in [0.05, 0.1) is 12.8 Å². The Kier molecular flexibility index (Phi) is 12.5. The van der Waals surface area contributed by atoms with Crippen molar-refractivity contribution in [3.05, 3.63) is 53.1 Å². The smallest absolute Gasteiger partial charge is 0.410 e. The van der Waals surface area contributed by atoms with Crippen LogP contribution in [-0.4, -0.2) is 54.0 Å². The van der Waals surface area contributed by atoms with Crippen molar-refractivity contribution in [2.75, 3.05) is 27.3 Å². The van der Waals surface area contributed by atoms with Crippen molar-refractivity contribution in [3.8, 4) is 11.5 Å². The second kappa shape index (κ2) is 14.5. The normalized spacial score (nSPS) is 13.0. The zero-order valence-corrected chi connectivity index (χ0v) is 20.7.